The second-order valence-electron chi connectivity index (χ2n) is 15.6. The van der Waals surface area contributed by atoms with E-state index < -0.39 is 0 Å². The molecule has 0 unspecified atom stereocenters. The molecule has 0 amide bonds. The average Bonchev–Trinajstić information content (AvgIpc) is 4.15. The van der Waals surface area contributed by atoms with E-state index >= 15 is 0 Å². The summed E-state index contributed by atoms with van der Waals surface area (Å²) in [7, 11) is 0. The number of aromatic nitrogens is 4. The Balaban J connectivity index is 1.29. The number of phenols is 1. The van der Waals surface area contributed by atoms with E-state index in [1.54, 1.807) is 12.1 Å². The van der Waals surface area contributed by atoms with Crippen LogP contribution in [0.1, 0.15) is 22.8 Å². The van der Waals surface area contributed by atoms with Crippen molar-refractivity contribution in [2.75, 3.05) is 0 Å². The molecule has 0 radical (unpaired) electrons. The van der Waals surface area contributed by atoms with E-state index in [9.17, 15) is 5.11 Å². The zero-order valence-electron chi connectivity index (χ0n) is 32.9. The topological polar surface area (TPSA) is 77.6 Å². The first kappa shape index (κ1) is 34.7. The van der Waals surface area contributed by atoms with Crippen LogP contribution in [0, 0.1) is 0 Å². The van der Waals surface area contributed by atoms with Gasteiger partial charge in [0.25, 0.3) is 0 Å². The van der Waals surface area contributed by atoms with Crippen molar-refractivity contribution in [3.63, 3.8) is 0 Å². The molecule has 5 heteroatoms. The molecule has 2 aliphatic rings. The predicted molar refractivity (Wildman–Crippen MR) is 255 cm³/mol. The minimum absolute atomic E-state index is 0.187. The maximum absolute atomic E-state index is 10.8. The second-order valence-corrected chi connectivity index (χ2v) is 15.6. The van der Waals surface area contributed by atoms with Crippen molar-refractivity contribution < 1.29 is 5.11 Å². The van der Waals surface area contributed by atoms with Crippen molar-refractivity contribution in [2.45, 2.75) is 0 Å². The Morgan fingerprint density at radius 1 is 0.328 bits per heavy atom. The summed E-state index contributed by atoms with van der Waals surface area (Å²) in [6.45, 7) is 0. The molecule has 61 heavy (non-hydrogen) atoms. The summed E-state index contributed by atoms with van der Waals surface area (Å²) in [6.07, 6.45) is 8.52. The Kier molecular flexibility index (Phi) is 7.93. The summed E-state index contributed by atoms with van der Waals surface area (Å²) in [5.41, 5.74) is 15.0. The van der Waals surface area contributed by atoms with Crippen LogP contribution in [0.3, 0.4) is 0 Å². The van der Waals surface area contributed by atoms with Gasteiger partial charge in [-0.3, -0.25) is 0 Å². The Hall–Kier alpha value is -8.28. The lowest BCUT2D eigenvalue weighted by molar-refractivity contribution is 0.475. The van der Waals surface area contributed by atoms with Gasteiger partial charge in [-0.2, -0.15) is 0 Å². The first-order valence-electron chi connectivity index (χ1n) is 20.5. The Bertz CT molecular complexity index is 3590. The number of hydrogen-bond donors (Lipinski definition) is 3. The van der Waals surface area contributed by atoms with E-state index in [1.165, 1.54) is 0 Å². The van der Waals surface area contributed by atoms with Gasteiger partial charge in [-0.05, 0) is 115 Å². The summed E-state index contributed by atoms with van der Waals surface area (Å²) in [5.74, 6) is 0.187. The third-order valence-electron chi connectivity index (χ3n) is 12.1. The van der Waals surface area contributed by atoms with E-state index in [4.69, 9.17) is 9.97 Å². The SMILES string of the molecule is Oc1cccc(-c2c3nc(c(-c4cccc5ccccc45)c4ccc([nH]4)c(-c4cccc5ccccc45)c4nc(c(-c5cccc6ccccc56)c5ccc2[nH]5)C=C4)C=C3)c1. The van der Waals surface area contributed by atoms with Crippen molar-refractivity contribution in [1.29, 1.82) is 0 Å². The van der Waals surface area contributed by atoms with Gasteiger partial charge in [-0.15, -0.1) is 0 Å². The van der Waals surface area contributed by atoms with Crippen LogP contribution in [-0.4, -0.2) is 25.0 Å². The Labute approximate surface area is 351 Å². The molecule has 0 atom stereocenters. The molecule has 3 N–H and O–H groups in total. The number of aromatic amines is 2. The zero-order chi connectivity index (χ0) is 40.4. The smallest absolute Gasteiger partial charge is 0.116 e. The number of fused-ring (bicyclic) bond motifs is 11. The van der Waals surface area contributed by atoms with Crippen LogP contribution in [0.4, 0.5) is 0 Å². The van der Waals surface area contributed by atoms with E-state index in [0.717, 1.165) is 122 Å². The Morgan fingerprint density at radius 2 is 0.672 bits per heavy atom. The van der Waals surface area contributed by atoms with Gasteiger partial charge in [-0.1, -0.05) is 140 Å². The van der Waals surface area contributed by atoms with Crippen LogP contribution in [-0.2, 0) is 0 Å². The molecule has 5 heterocycles. The van der Waals surface area contributed by atoms with Crippen molar-refractivity contribution >= 4 is 78.7 Å². The lowest BCUT2D eigenvalue weighted by Crippen LogP contribution is -1.91. The van der Waals surface area contributed by atoms with Crippen LogP contribution < -0.4 is 0 Å². The number of benzene rings is 7. The fraction of sp³-hybridized carbons (Fsp3) is 0. The van der Waals surface area contributed by atoms with Crippen LogP contribution in [0.2, 0.25) is 0 Å². The number of hydrogen-bond acceptors (Lipinski definition) is 3. The minimum Gasteiger partial charge on any atom is -0.508 e. The van der Waals surface area contributed by atoms with E-state index in [1.807, 2.05) is 12.1 Å². The monoisotopic (exact) mass is 780 g/mol. The van der Waals surface area contributed by atoms with Crippen LogP contribution in [0.15, 0.2) is 176 Å². The number of H-pyrrole nitrogens is 2. The molecule has 8 bridgehead atoms. The molecule has 10 aromatic rings. The molecule has 286 valence electrons. The maximum atomic E-state index is 10.8. The van der Waals surface area contributed by atoms with Crippen molar-refractivity contribution in [3.8, 4) is 50.3 Å². The van der Waals surface area contributed by atoms with Gasteiger partial charge in [0.1, 0.15) is 5.75 Å². The van der Waals surface area contributed by atoms with Crippen molar-refractivity contribution in [3.05, 3.63) is 199 Å². The highest BCUT2D eigenvalue weighted by molar-refractivity contribution is 6.09. The zero-order valence-corrected chi connectivity index (χ0v) is 32.9. The van der Waals surface area contributed by atoms with Gasteiger partial charge in [0, 0.05) is 44.3 Å². The minimum atomic E-state index is 0.187. The normalized spacial score (nSPS) is 12.2. The highest BCUT2D eigenvalue weighted by atomic mass is 16.3. The third-order valence-corrected chi connectivity index (χ3v) is 12.1. The van der Waals surface area contributed by atoms with Gasteiger partial charge in [0.05, 0.1) is 22.8 Å². The molecule has 3 aromatic heterocycles. The molecular weight excluding hydrogens is 745 g/mol. The summed E-state index contributed by atoms with van der Waals surface area (Å²) >= 11 is 0. The first-order chi connectivity index (χ1) is 30.1. The quantitative estimate of drug-likeness (QED) is 0.166. The van der Waals surface area contributed by atoms with Gasteiger partial charge in [0.2, 0.25) is 0 Å². The summed E-state index contributed by atoms with van der Waals surface area (Å²) in [5, 5.41) is 17.7. The van der Waals surface area contributed by atoms with E-state index in [2.05, 4.69) is 186 Å². The van der Waals surface area contributed by atoms with E-state index in [-0.39, 0.29) is 5.75 Å². The molecule has 0 aliphatic carbocycles. The van der Waals surface area contributed by atoms with E-state index in [0.29, 0.717) is 0 Å². The Morgan fingerprint density at radius 3 is 1.08 bits per heavy atom. The number of nitrogens with one attached hydrogen (secondary N) is 2. The standard InChI is InChI=1S/C56H36N4O/c61-38-18-7-17-37(33-38)53-45-25-27-47(57-45)54(42-22-8-14-34-11-1-4-19-39(34)42)49-29-31-51(59-49)56(44-24-10-16-36-13-3-6-21-41(36)44)52-32-30-50(60-52)55(48-28-26-46(53)58-48)43-23-9-15-35-12-2-5-20-40(35)43/h1-33,57,60-61H. The number of rotatable bonds is 4. The lowest BCUT2D eigenvalue weighted by atomic mass is 9.97. The fourth-order valence-corrected chi connectivity index (χ4v) is 9.35. The number of aromatic hydroxyl groups is 1. The molecule has 2 aliphatic heterocycles. The fourth-order valence-electron chi connectivity index (χ4n) is 9.35. The summed E-state index contributed by atoms with van der Waals surface area (Å²) in [4.78, 5) is 18.9. The molecule has 0 spiro atoms. The molecule has 5 nitrogen and oxygen atoms in total. The molecule has 0 saturated heterocycles. The van der Waals surface area contributed by atoms with Gasteiger partial charge >= 0.3 is 0 Å². The predicted octanol–water partition coefficient (Wildman–Crippen LogP) is 14.5. The third kappa shape index (κ3) is 5.78. The van der Waals surface area contributed by atoms with Crippen molar-refractivity contribution in [2.24, 2.45) is 0 Å². The molecule has 0 saturated carbocycles. The molecule has 12 rings (SSSR count). The van der Waals surface area contributed by atoms with Crippen LogP contribution in [0.5, 0.6) is 5.75 Å². The van der Waals surface area contributed by atoms with Gasteiger partial charge < -0.3 is 15.1 Å². The maximum Gasteiger partial charge on any atom is 0.116 e. The highest BCUT2D eigenvalue weighted by Gasteiger charge is 2.21. The molecule has 7 aromatic carbocycles. The van der Waals surface area contributed by atoms with Crippen LogP contribution in [0.25, 0.3) is 123 Å². The summed E-state index contributed by atoms with van der Waals surface area (Å²) < 4.78 is 0. The molecule has 0 fully saturated rings. The van der Waals surface area contributed by atoms with Crippen LogP contribution >= 0.6 is 0 Å². The lowest BCUT2D eigenvalue weighted by Gasteiger charge is -2.10. The summed E-state index contributed by atoms with van der Waals surface area (Å²) in [6, 6.07) is 61.1. The highest BCUT2D eigenvalue weighted by Crippen LogP contribution is 2.42. The first-order valence-corrected chi connectivity index (χ1v) is 20.5. The van der Waals surface area contributed by atoms with Gasteiger partial charge in [0.15, 0.2) is 0 Å². The largest absolute Gasteiger partial charge is 0.508 e. The second kappa shape index (κ2) is 13.9. The molecular formula is C56H36N4O. The van der Waals surface area contributed by atoms with Crippen molar-refractivity contribution in [1.82, 2.24) is 19.9 Å². The number of phenolic OH excluding ortho intramolecular Hbond substituents is 1. The van der Waals surface area contributed by atoms with Gasteiger partial charge in [-0.25, -0.2) is 9.97 Å². The average molecular weight is 781 g/mol. The number of nitrogens with zero attached hydrogens (tertiary/aromatic N) is 2.